The Morgan fingerprint density at radius 3 is 2.32 bits per heavy atom. The first kappa shape index (κ1) is 20.5. The quantitative estimate of drug-likeness (QED) is 0.678. The molecule has 3 rings (SSSR count). The largest absolute Gasteiger partial charge is 0.334 e. The highest BCUT2D eigenvalue weighted by molar-refractivity contribution is 5.94. The monoisotopic (exact) mass is 386 g/mol. The molecule has 28 heavy (non-hydrogen) atoms. The minimum atomic E-state index is -0.360. The van der Waals surface area contributed by atoms with Crippen LogP contribution in [0.5, 0.6) is 0 Å². The van der Waals surface area contributed by atoms with E-state index in [0.29, 0.717) is 24.7 Å². The number of benzene rings is 2. The van der Waals surface area contributed by atoms with Crippen LogP contribution in [-0.4, -0.2) is 41.4 Å². The van der Waals surface area contributed by atoms with Crippen molar-refractivity contribution in [3.8, 4) is 0 Å². The SMILES string of the molecule is CC1CCCCN1CCCN(Cc1ccc(F)cc1)C(=O)c1ccc(F)cc1. The Labute approximate surface area is 166 Å². The number of rotatable bonds is 7. The Morgan fingerprint density at radius 1 is 1.04 bits per heavy atom. The number of halogens is 2. The maximum Gasteiger partial charge on any atom is 0.254 e. The predicted molar refractivity (Wildman–Crippen MR) is 107 cm³/mol. The van der Waals surface area contributed by atoms with E-state index in [1.165, 1.54) is 55.7 Å². The molecule has 150 valence electrons. The van der Waals surface area contributed by atoms with Crippen LogP contribution in [0.3, 0.4) is 0 Å². The lowest BCUT2D eigenvalue weighted by molar-refractivity contribution is 0.0726. The van der Waals surface area contributed by atoms with Crippen LogP contribution in [0.1, 0.15) is 48.5 Å². The molecule has 1 amide bonds. The Kier molecular flexibility index (Phi) is 7.15. The standard InChI is InChI=1S/C23H28F2N2O/c1-18-5-2-3-14-26(18)15-4-16-27(17-19-6-10-21(24)11-7-19)23(28)20-8-12-22(25)13-9-20/h6-13,18H,2-5,14-17H2,1H3. The highest BCUT2D eigenvalue weighted by Crippen LogP contribution is 2.17. The van der Waals surface area contributed by atoms with E-state index in [1.54, 1.807) is 17.0 Å². The fraction of sp³-hybridized carbons (Fsp3) is 0.435. The lowest BCUT2D eigenvalue weighted by Gasteiger charge is -2.34. The minimum Gasteiger partial charge on any atom is -0.334 e. The topological polar surface area (TPSA) is 23.6 Å². The second-order valence-corrected chi connectivity index (χ2v) is 7.59. The van der Waals surface area contributed by atoms with Gasteiger partial charge in [-0.2, -0.15) is 0 Å². The van der Waals surface area contributed by atoms with Gasteiger partial charge >= 0.3 is 0 Å². The van der Waals surface area contributed by atoms with E-state index in [0.717, 1.165) is 25.1 Å². The number of carbonyl (C=O) groups excluding carboxylic acids is 1. The van der Waals surface area contributed by atoms with Crippen LogP contribution < -0.4 is 0 Å². The van der Waals surface area contributed by atoms with Gasteiger partial charge in [0.2, 0.25) is 0 Å². The molecule has 0 saturated carbocycles. The van der Waals surface area contributed by atoms with Crippen LogP contribution in [0.15, 0.2) is 48.5 Å². The number of hydrogen-bond donors (Lipinski definition) is 0. The Balaban J connectivity index is 1.67. The molecule has 5 heteroatoms. The van der Waals surface area contributed by atoms with Gasteiger partial charge < -0.3 is 9.80 Å². The molecule has 3 nitrogen and oxygen atoms in total. The molecular weight excluding hydrogens is 358 g/mol. The fourth-order valence-electron chi connectivity index (χ4n) is 3.79. The first-order chi connectivity index (χ1) is 13.5. The maximum absolute atomic E-state index is 13.2. The fourth-order valence-corrected chi connectivity index (χ4v) is 3.79. The zero-order chi connectivity index (χ0) is 19.9. The van der Waals surface area contributed by atoms with Gasteiger partial charge in [-0.05, 0) is 74.7 Å². The van der Waals surface area contributed by atoms with Gasteiger partial charge in [-0.15, -0.1) is 0 Å². The summed E-state index contributed by atoms with van der Waals surface area (Å²) in [7, 11) is 0. The summed E-state index contributed by atoms with van der Waals surface area (Å²) in [5.41, 5.74) is 1.35. The van der Waals surface area contributed by atoms with Crippen LogP contribution in [-0.2, 0) is 6.54 Å². The number of carbonyl (C=O) groups is 1. The first-order valence-corrected chi connectivity index (χ1v) is 10.1. The van der Waals surface area contributed by atoms with Crippen LogP contribution >= 0.6 is 0 Å². The molecule has 0 spiro atoms. The molecule has 0 N–H and O–H groups in total. The van der Waals surface area contributed by atoms with Gasteiger partial charge in [0.05, 0.1) is 0 Å². The number of likely N-dealkylation sites (tertiary alicyclic amines) is 1. The van der Waals surface area contributed by atoms with E-state index in [1.807, 2.05) is 0 Å². The molecule has 2 aromatic rings. The second kappa shape index (κ2) is 9.78. The van der Waals surface area contributed by atoms with Crippen LogP contribution in [0.2, 0.25) is 0 Å². The summed E-state index contributed by atoms with van der Waals surface area (Å²) in [5.74, 6) is -0.781. The molecule has 1 saturated heterocycles. The minimum absolute atomic E-state index is 0.129. The van der Waals surface area contributed by atoms with E-state index < -0.39 is 0 Å². The molecule has 0 aliphatic carbocycles. The number of amides is 1. The summed E-state index contributed by atoms with van der Waals surface area (Å²) in [6.07, 6.45) is 4.63. The van der Waals surface area contributed by atoms with Gasteiger partial charge in [0, 0.05) is 31.2 Å². The highest BCUT2D eigenvalue weighted by atomic mass is 19.1. The van der Waals surface area contributed by atoms with Gasteiger partial charge in [-0.3, -0.25) is 4.79 Å². The van der Waals surface area contributed by atoms with Crippen LogP contribution in [0, 0.1) is 11.6 Å². The zero-order valence-electron chi connectivity index (χ0n) is 16.4. The van der Waals surface area contributed by atoms with E-state index in [-0.39, 0.29) is 17.5 Å². The lowest BCUT2D eigenvalue weighted by Crippen LogP contribution is -2.40. The van der Waals surface area contributed by atoms with E-state index in [4.69, 9.17) is 0 Å². The first-order valence-electron chi connectivity index (χ1n) is 10.1. The van der Waals surface area contributed by atoms with Crippen molar-refractivity contribution in [2.24, 2.45) is 0 Å². The average Bonchev–Trinajstić information content (AvgIpc) is 2.70. The number of piperidine rings is 1. The van der Waals surface area contributed by atoms with Crippen molar-refractivity contribution in [1.29, 1.82) is 0 Å². The number of nitrogens with zero attached hydrogens (tertiary/aromatic N) is 2. The molecule has 1 unspecified atom stereocenters. The molecule has 1 heterocycles. The van der Waals surface area contributed by atoms with Gasteiger partial charge in [0.25, 0.3) is 5.91 Å². The molecule has 0 bridgehead atoms. The summed E-state index contributed by atoms with van der Waals surface area (Å²) >= 11 is 0. The van der Waals surface area contributed by atoms with Crippen molar-refractivity contribution in [2.45, 2.75) is 45.2 Å². The Morgan fingerprint density at radius 2 is 1.68 bits per heavy atom. The van der Waals surface area contributed by atoms with Gasteiger partial charge in [0.15, 0.2) is 0 Å². The summed E-state index contributed by atoms with van der Waals surface area (Å²) in [6, 6.07) is 12.4. The third-order valence-electron chi connectivity index (χ3n) is 5.48. The third-order valence-corrected chi connectivity index (χ3v) is 5.48. The maximum atomic E-state index is 13.2. The predicted octanol–water partition coefficient (Wildman–Crippen LogP) is 4.87. The summed E-state index contributed by atoms with van der Waals surface area (Å²) < 4.78 is 26.4. The average molecular weight is 386 g/mol. The van der Waals surface area contributed by atoms with Crippen molar-refractivity contribution < 1.29 is 13.6 Å². The highest BCUT2D eigenvalue weighted by Gasteiger charge is 2.20. The smallest absolute Gasteiger partial charge is 0.254 e. The van der Waals surface area contributed by atoms with Crippen molar-refractivity contribution in [3.05, 3.63) is 71.3 Å². The number of hydrogen-bond acceptors (Lipinski definition) is 2. The lowest BCUT2D eigenvalue weighted by atomic mass is 10.0. The van der Waals surface area contributed by atoms with Gasteiger partial charge in [0.1, 0.15) is 11.6 Å². The normalized spacial score (nSPS) is 17.5. The van der Waals surface area contributed by atoms with E-state index in [9.17, 15) is 13.6 Å². The third kappa shape index (κ3) is 5.61. The molecule has 1 aliphatic rings. The van der Waals surface area contributed by atoms with Crippen molar-refractivity contribution >= 4 is 5.91 Å². The Hall–Kier alpha value is -2.27. The van der Waals surface area contributed by atoms with Crippen LogP contribution in [0.25, 0.3) is 0 Å². The van der Waals surface area contributed by atoms with Crippen LogP contribution in [0.4, 0.5) is 8.78 Å². The molecule has 0 radical (unpaired) electrons. The van der Waals surface area contributed by atoms with E-state index >= 15 is 0 Å². The van der Waals surface area contributed by atoms with Gasteiger partial charge in [-0.1, -0.05) is 18.6 Å². The van der Waals surface area contributed by atoms with Crippen molar-refractivity contribution in [2.75, 3.05) is 19.6 Å². The second-order valence-electron chi connectivity index (χ2n) is 7.59. The molecule has 0 aromatic heterocycles. The van der Waals surface area contributed by atoms with Crippen molar-refractivity contribution in [3.63, 3.8) is 0 Å². The van der Waals surface area contributed by atoms with Crippen molar-refractivity contribution in [1.82, 2.24) is 9.80 Å². The summed E-state index contributed by atoms with van der Waals surface area (Å²) in [4.78, 5) is 17.3. The summed E-state index contributed by atoms with van der Waals surface area (Å²) in [6.45, 7) is 5.35. The Bertz CT molecular complexity index is 761. The molecular formula is C23H28F2N2O. The zero-order valence-corrected chi connectivity index (χ0v) is 16.4. The molecule has 1 aliphatic heterocycles. The molecule has 1 fully saturated rings. The molecule has 2 aromatic carbocycles. The summed E-state index contributed by atoms with van der Waals surface area (Å²) in [5, 5.41) is 0. The van der Waals surface area contributed by atoms with E-state index in [2.05, 4.69) is 11.8 Å². The van der Waals surface area contributed by atoms with Gasteiger partial charge in [-0.25, -0.2) is 8.78 Å². The molecule has 1 atom stereocenters.